The van der Waals surface area contributed by atoms with E-state index in [1.165, 1.54) is 12.1 Å². The number of aromatic nitrogens is 1. The van der Waals surface area contributed by atoms with E-state index in [4.69, 9.17) is 11.6 Å². The Morgan fingerprint density at radius 1 is 0.947 bits per heavy atom. The number of sulfonamides is 1. The van der Waals surface area contributed by atoms with Gasteiger partial charge < -0.3 is 4.57 Å². The zero-order valence-corrected chi connectivity index (χ0v) is 23.2. The predicted molar refractivity (Wildman–Crippen MR) is 153 cm³/mol. The molecule has 0 aliphatic rings. The fraction of sp³-hybridized carbons (Fsp3) is 0.172. The molecule has 9 heteroatoms. The third-order valence-electron chi connectivity index (χ3n) is 6.27. The fourth-order valence-corrected chi connectivity index (χ4v) is 6.18. The van der Waals surface area contributed by atoms with E-state index in [1.807, 2.05) is 26.0 Å². The molecule has 1 heterocycles. The van der Waals surface area contributed by atoms with Crippen molar-refractivity contribution < 1.29 is 13.2 Å². The van der Waals surface area contributed by atoms with E-state index in [0.29, 0.717) is 0 Å². The number of nitrogens with one attached hydrogen (secondary N) is 1. The van der Waals surface area contributed by atoms with E-state index in [1.54, 1.807) is 48.7 Å². The van der Waals surface area contributed by atoms with E-state index in [0.717, 1.165) is 38.1 Å². The Morgan fingerprint density at radius 3 is 2.24 bits per heavy atom. The molecule has 4 aromatic rings. The Hall–Kier alpha value is -3.88. The number of rotatable bonds is 8. The topological polar surface area (TPSA) is 83.8 Å². The Labute approximate surface area is 228 Å². The minimum Gasteiger partial charge on any atom is -0.317 e. The van der Waals surface area contributed by atoms with E-state index >= 15 is 0 Å². The molecule has 0 unspecified atom stereocenters. The number of hydrazone groups is 1. The molecule has 0 saturated heterocycles. The summed E-state index contributed by atoms with van der Waals surface area (Å²) in [5.74, 6) is -0.607. The Balaban J connectivity index is 1.58. The summed E-state index contributed by atoms with van der Waals surface area (Å²) in [7, 11) is -4.06. The van der Waals surface area contributed by atoms with Gasteiger partial charge in [0.1, 0.15) is 6.54 Å². The van der Waals surface area contributed by atoms with Crippen molar-refractivity contribution in [3.05, 3.63) is 112 Å². The summed E-state index contributed by atoms with van der Waals surface area (Å²) >= 11 is 6.32. The minimum absolute atomic E-state index is 0.0511. The number of aryl methyl sites for hydroxylation is 3. The van der Waals surface area contributed by atoms with Gasteiger partial charge in [0.05, 0.1) is 27.5 Å². The third-order valence-corrected chi connectivity index (χ3v) is 8.36. The van der Waals surface area contributed by atoms with Gasteiger partial charge in [-0.15, -0.1) is 0 Å². The Bertz CT molecular complexity index is 1590. The normalized spacial score (nSPS) is 11.6. The summed E-state index contributed by atoms with van der Waals surface area (Å²) < 4.78 is 30.0. The van der Waals surface area contributed by atoms with Gasteiger partial charge in [-0.2, -0.15) is 5.10 Å². The summed E-state index contributed by atoms with van der Waals surface area (Å²) in [5, 5.41) is 4.34. The van der Waals surface area contributed by atoms with Crippen molar-refractivity contribution >= 4 is 39.4 Å². The Kier molecular flexibility index (Phi) is 8.04. The molecular formula is C29H29ClN4O3S. The number of benzene rings is 3. The number of carbonyl (C=O) groups is 1. The maximum Gasteiger partial charge on any atom is 0.264 e. The first-order valence-electron chi connectivity index (χ1n) is 12.0. The molecule has 3 aromatic carbocycles. The SMILES string of the molecule is Cc1cccc(C)c1-n1c(C)cc(/C=N\NC(=O)CN(c2ccccc2Cl)S(=O)(=O)c2ccccc2)c1C. The summed E-state index contributed by atoms with van der Waals surface area (Å²) in [6.07, 6.45) is 1.57. The first-order chi connectivity index (χ1) is 18.1. The van der Waals surface area contributed by atoms with E-state index in [-0.39, 0.29) is 15.6 Å². The van der Waals surface area contributed by atoms with Crippen molar-refractivity contribution in [3.8, 4) is 5.69 Å². The number of amides is 1. The lowest BCUT2D eigenvalue weighted by atomic mass is 10.1. The largest absolute Gasteiger partial charge is 0.317 e. The smallest absolute Gasteiger partial charge is 0.264 e. The zero-order valence-electron chi connectivity index (χ0n) is 21.6. The summed E-state index contributed by atoms with van der Waals surface area (Å²) in [5.41, 5.74) is 8.94. The lowest BCUT2D eigenvalue weighted by molar-refractivity contribution is -0.119. The first-order valence-corrected chi connectivity index (χ1v) is 13.8. The van der Waals surface area contributed by atoms with Crippen LogP contribution in [0.5, 0.6) is 0 Å². The molecule has 196 valence electrons. The molecule has 0 radical (unpaired) electrons. The molecule has 1 amide bonds. The summed E-state index contributed by atoms with van der Waals surface area (Å²) in [4.78, 5) is 12.9. The Morgan fingerprint density at radius 2 is 1.58 bits per heavy atom. The monoisotopic (exact) mass is 548 g/mol. The van der Waals surface area contributed by atoms with Gasteiger partial charge in [-0.1, -0.05) is 60.1 Å². The second-order valence-corrected chi connectivity index (χ2v) is 11.2. The second kappa shape index (κ2) is 11.2. The van der Waals surface area contributed by atoms with Crippen LogP contribution in [0, 0.1) is 27.7 Å². The molecule has 4 rings (SSSR count). The lowest BCUT2D eigenvalue weighted by Crippen LogP contribution is -2.39. The van der Waals surface area contributed by atoms with Crippen LogP contribution in [0.25, 0.3) is 5.69 Å². The van der Waals surface area contributed by atoms with Gasteiger partial charge in [-0.25, -0.2) is 13.8 Å². The van der Waals surface area contributed by atoms with Crippen LogP contribution in [0.4, 0.5) is 5.69 Å². The molecule has 0 aliphatic heterocycles. The number of nitrogens with zero attached hydrogens (tertiary/aromatic N) is 3. The lowest BCUT2D eigenvalue weighted by Gasteiger charge is -2.24. The van der Waals surface area contributed by atoms with Crippen molar-refractivity contribution in [3.63, 3.8) is 0 Å². The minimum atomic E-state index is -4.06. The van der Waals surface area contributed by atoms with Gasteiger partial charge in [0.25, 0.3) is 15.9 Å². The number of anilines is 1. The predicted octanol–water partition coefficient (Wildman–Crippen LogP) is 5.71. The van der Waals surface area contributed by atoms with Gasteiger partial charge in [-0.05, 0) is 69.2 Å². The highest BCUT2D eigenvalue weighted by atomic mass is 35.5. The van der Waals surface area contributed by atoms with Crippen molar-refractivity contribution in [2.24, 2.45) is 5.10 Å². The standard InChI is InChI=1S/C29H29ClN4O3S/c1-20-11-10-12-21(2)29(20)34-22(3)17-24(23(34)4)18-31-32-28(35)19-33(27-16-9-8-15-26(27)30)38(36,37)25-13-6-5-7-14-25/h5-18H,19H2,1-4H3,(H,32,35)/b31-18-. The van der Waals surface area contributed by atoms with Crippen molar-refractivity contribution in [2.45, 2.75) is 32.6 Å². The maximum atomic E-state index is 13.4. The molecule has 1 N–H and O–H groups in total. The number of carbonyl (C=O) groups excluding carboxylic acids is 1. The molecule has 0 atom stereocenters. The molecule has 0 aliphatic carbocycles. The van der Waals surface area contributed by atoms with Crippen molar-refractivity contribution in [2.75, 3.05) is 10.8 Å². The molecule has 0 bridgehead atoms. The molecule has 7 nitrogen and oxygen atoms in total. The fourth-order valence-electron chi connectivity index (χ4n) is 4.43. The van der Waals surface area contributed by atoms with E-state index in [2.05, 4.69) is 41.1 Å². The van der Waals surface area contributed by atoms with Crippen molar-refractivity contribution in [1.29, 1.82) is 0 Å². The van der Waals surface area contributed by atoms with Crippen LogP contribution in [0.3, 0.4) is 0 Å². The molecule has 0 saturated carbocycles. The van der Waals surface area contributed by atoms with Crippen LogP contribution in [0.15, 0.2) is 88.9 Å². The van der Waals surface area contributed by atoms with Crippen LogP contribution in [0.2, 0.25) is 5.02 Å². The van der Waals surface area contributed by atoms with Gasteiger partial charge in [-0.3, -0.25) is 9.10 Å². The zero-order chi connectivity index (χ0) is 27.4. The molecule has 38 heavy (non-hydrogen) atoms. The van der Waals surface area contributed by atoms with Crippen LogP contribution in [-0.2, 0) is 14.8 Å². The third kappa shape index (κ3) is 5.51. The molecular weight excluding hydrogens is 520 g/mol. The highest BCUT2D eigenvalue weighted by Gasteiger charge is 2.28. The quantitative estimate of drug-likeness (QED) is 0.226. The van der Waals surface area contributed by atoms with Crippen LogP contribution >= 0.6 is 11.6 Å². The van der Waals surface area contributed by atoms with E-state index < -0.39 is 22.5 Å². The summed E-state index contributed by atoms with van der Waals surface area (Å²) in [6, 6.07) is 22.6. The van der Waals surface area contributed by atoms with Gasteiger partial charge in [0, 0.05) is 17.0 Å². The average molecular weight is 549 g/mol. The van der Waals surface area contributed by atoms with Crippen LogP contribution in [0.1, 0.15) is 28.1 Å². The van der Waals surface area contributed by atoms with Crippen LogP contribution < -0.4 is 9.73 Å². The van der Waals surface area contributed by atoms with Gasteiger partial charge in [0.15, 0.2) is 0 Å². The number of para-hydroxylation sites is 2. The van der Waals surface area contributed by atoms with Gasteiger partial charge in [0.2, 0.25) is 0 Å². The maximum absolute atomic E-state index is 13.4. The van der Waals surface area contributed by atoms with Crippen molar-refractivity contribution in [1.82, 2.24) is 9.99 Å². The second-order valence-electron chi connectivity index (χ2n) is 8.97. The average Bonchev–Trinajstić information content (AvgIpc) is 3.16. The summed E-state index contributed by atoms with van der Waals surface area (Å²) in [6.45, 7) is 7.66. The first kappa shape index (κ1) is 27.2. The highest BCUT2D eigenvalue weighted by Crippen LogP contribution is 2.30. The highest BCUT2D eigenvalue weighted by molar-refractivity contribution is 7.92. The van der Waals surface area contributed by atoms with E-state index in [9.17, 15) is 13.2 Å². The van der Waals surface area contributed by atoms with Crippen LogP contribution in [-0.4, -0.2) is 31.7 Å². The number of halogens is 1. The number of hydrogen-bond donors (Lipinski definition) is 1. The molecule has 0 fully saturated rings. The number of hydrogen-bond acceptors (Lipinski definition) is 4. The molecule has 0 spiro atoms. The van der Waals surface area contributed by atoms with Gasteiger partial charge >= 0.3 is 0 Å². The molecule has 1 aromatic heterocycles.